The van der Waals surface area contributed by atoms with E-state index in [1.165, 1.54) is 16.4 Å². The van der Waals surface area contributed by atoms with Gasteiger partial charge in [-0.2, -0.15) is 4.31 Å². The molecule has 7 nitrogen and oxygen atoms in total. The van der Waals surface area contributed by atoms with E-state index >= 15 is 0 Å². The van der Waals surface area contributed by atoms with Crippen LogP contribution in [0, 0.1) is 0 Å². The summed E-state index contributed by atoms with van der Waals surface area (Å²) in [6, 6.07) is 24.7. The van der Waals surface area contributed by atoms with Crippen LogP contribution in [0.2, 0.25) is 0 Å². The third kappa shape index (κ3) is 5.90. The molecule has 1 atom stereocenters. The minimum absolute atomic E-state index is 0.00313. The average Bonchev–Trinajstić information content (AvgIpc) is 2.89. The fraction of sp³-hybridized carbons (Fsp3) is 0.269. The van der Waals surface area contributed by atoms with E-state index < -0.39 is 10.0 Å². The highest BCUT2D eigenvalue weighted by atomic mass is 32.2. The summed E-state index contributed by atoms with van der Waals surface area (Å²) < 4.78 is 32.1. The Hall–Kier alpha value is -3.04. The molecule has 1 aliphatic rings. The first-order valence-electron chi connectivity index (χ1n) is 11.3. The van der Waals surface area contributed by atoms with Crippen LogP contribution < -0.4 is 10.6 Å². The van der Waals surface area contributed by atoms with Crippen LogP contribution >= 0.6 is 0 Å². The molecule has 1 unspecified atom stereocenters. The van der Waals surface area contributed by atoms with Gasteiger partial charge in [0.2, 0.25) is 15.9 Å². The molecule has 34 heavy (non-hydrogen) atoms. The van der Waals surface area contributed by atoms with E-state index in [4.69, 9.17) is 4.74 Å². The summed E-state index contributed by atoms with van der Waals surface area (Å²) in [6.45, 7) is 3.64. The lowest BCUT2D eigenvalue weighted by atomic mass is 10.0. The van der Waals surface area contributed by atoms with Crippen molar-refractivity contribution in [2.45, 2.75) is 17.9 Å². The summed E-state index contributed by atoms with van der Waals surface area (Å²) >= 11 is 0. The molecular weight excluding hydrogens is 450 g/mol. The lowest BCUT2D eigenvalue weighted by Gasteiger charge is -2.26. The van der Waals surface area contributed by atoms with E-state index in [1.54, 1.807) is 12.1 Å². The molecule has 0 bridgehead atoms. The monoisotopic (exact) mass is 479 g/mol. The Labute approximate surface area is 200 Å². The fourth-order valence-corrected chi connectivity index (χ4v) is 5.22. The summed E-state index contributed by atoms with van der Waals surface area (Å²) in [7, 11) is -3.55. The molecule has 2 N–H and O–H groups in total. The average molecular weight is 480 g/mol. The standard InChI is InChI=1S/C26H29N3O4S/c1-20(21-7-9-23(10-8-21)22-5-3-2-4-6-22)27-19-26(30)28-24-11-13-25(14-12-24)34(31,32)29-15-17-33-18-16-29/h2-14,20,27H,15-19H2,1H3,(H,28,30). The highest BCUT2D eigenvalue weighted by molar-refractivity contribution is 7.89. The Morgan fingerprint density at radius 2 is 1.53 bits per heavy atom. The van der Waals surface area contributed by atoms with Crippen molar-refractivity contribution in [2.24, 2.45) is 0 Å². The Morgan fingerprint density at radius 1 is 0.912 bits per heavy atom. The predicted octanol–water partition coefficient (Wildman–Crippen LogP) is 3.66. The molecule has 0 aliphatic carbocycles. The van der Waals surface area contributed by atoms with Crippen LogP contribution in [0.1, 0.15) is 18.5 Å². The van der Waals surface area contributed by atoms with Crippen molar-refractivity contribution in [3.05, 3.63) is 84.4 Å². The molecule has 0 aromatic heterocycles. The molecule has 8 heteroatoms. The Kier molecular flexibility index (Phi) is 7.74. The molecule has 0 spiro atoms. The zero-order valence-electron chi connectivity index (χ0n) is 19.1. The van der Waals surface area contributed by atoms with Gasteiger partial charge in [-0.1, -0.05) is 54.6 Å². The summed E-state index contributed by atoms with van der Waals surface area (Å²) in [5.41, 5.74) is 3.95. The zero-order chi connectivity index (χ0) is 24.0. The summed E-state index contributed by atoms with van der Waals surface area (Å²) in [4.78, 5) is 12.6. The second kappa shape index (κ2) is 10.9. The number of hydrogen-bond acceptors (Lipinski definition) is 5. The Morgan fingerprint density at radius 3 is 2.18 bits per heavy atom. The van der Waals surface area contributed by atoms with Gasteiger partial charge in [-0.3, -0.25) is 4.79 Å². The number of nitrogens with zero attached hydrogens (tertiary/aromatic N) is 1. The number of amides is 1. The maximum Gasteiger partial charge on any atom is 0.243 e. The number of ether oxygens (including phenoxy) is 1. The number of rotatable bonds is 8. The normalized spacial score (nSPS) is 15.6. The molecule has 4 rings (SSSR count). The Balaban J connectivity index is 1.29. The third-order valence-corrected chi connectivity index (χ3v) is 7.75. The molecule has 1 fully saturated rings. The molecule has 0 saturated carbocycles. The lowest BCUT2D eigenvalue weighted by molar-refractivity contribution is -0.115. The maximum atomic E-state index is 12.7. The molecule has 1 heterocycles. The number of hydrogen-bond donors (Lipinski definition) is 2. The molecule has 1 amide bonds. The van der Waals surface area contributed by atoms with E-state index in [-0.39, 0.29) is 23.4 Å². The van der Waals surface area contributed by atoms with Crippen molar-refractivity contribution in [2.75, 3.05) is 38.2 Å². The summed E-state index contributed by atoms with van der Waals surface area (Å²) in [5, 5.41) is 6.04. The van der Waals surface area contributed by atoms with E-state index in [0.29, 0.717) is 32.0 Å². The zero-order valence-corrected chi connectivity index (χ0v) is 19.9. The van der Waals surface area contributed by atoms with E-state index in [0.717, 1.165) is 16.7 Å². The van der Waals surface area contributed by atoms with Gasteiger partial charge in [0, 0.05) is 24.8 Å². The lowest BCUT2D eigenvalue weighted by Crippen LogP contribution is -2.40. The van der Waals surface area contributed by atoms with Crippen LogP contribution in [0.25, 0.3) is 11.1 Å². The van der Waals surface area contributed by atoms with Crippen molar-refractivity contribution in [3.8, 4) is 11.1 Å². The van der Waals surface area contributed by atoms with Crippen LogP contribution in [0.15, 0.2) is 83.8 Å². The minimum Gasteiger partial charge on any atom is -0.379 e. The largest absolute Gasteiger partial charge is 0.379 e. The highest BCUT2D eigenvalue weighted by Crippen LogP contribution is 2.22. The van der Waals surface area contributed by atoms with E-state index in [1.807, 2.05) is 25.1 Å². The molecular formula is C26H29N3O4S. The SMILES string of the molecule is CC(NCC(=O)Nc1ccc(S(=O)(=O)N2CCOCC2)cc1)c1ccc(-c2ccccc2)cc1. The van der Waals surface area contributed by atoms with Gasteiger partial charge >= 0.3 is 0 Å². The highest BCUT2D eigenvalue weighted by Gasteiger charge is 2.26. The fourth-order valence-electron chi connectivity index (χ4n) is 3.81. The second-order valence-electron chi connectivity index (χ2n) is 8.18. The van der Waals surface area contributed by atoms with Gasteiger partial charge in [0.05, 0.1) is 24.7 Å². The molecule has 3 aromatic carbocycles. The van der Waals surface area contributed by atoms with Crippen LogP contribution in [-0.2, 0) is 19.6 Å². The minimum atomic E-state index is -3.55. The number of anilines is 1. The number of carbonyl (C=O) groups is 1. The first-order chi connectivity index (χ1) is 16.4. The Bertz CT molecular complexity index is 1190. The van der Waals surface area contributed by atoms with Crippen LogP contribution in [0.4, 0.5) is 5.69 Å². The van der Waals surface area contributed by atoms with Gasteiger partial charge in [-0.15, -0.1) is 0 Å². The first kappa shape index (κ1) is 24.1. The second-order valence-corrected chi connectivity index (χ2v) is 10.1. The predicted molar refractivity (Wildman–Crippen MR) is 133 cm³/mol. The van der Waals surface area contributed by atoms with Crippen LogP contribution in [-0.4, -0.2) is 51.5 Å². The van der Waals surface area contributed by atoms with Crippen molar-refractivity contribution in [1.82, 2.24) is 9.62 Å². The maximum absolute atomic E-state index is 12.7. The van der Waals surface area contributed by atoms with Gasteiger partial charge < -0.3 is 15.4 Å². The molecule has 0 radical (unpaired) electrons. The first-order valence-corrected chi connectivity index (χ1v) is 12.7. The van der Waals surface area contributed by atoms with Gasteiger partial charge in [-0.05, 0) is 47.9 Å². The smallest absolute Gasteiger partial charge is 0.243 e. The number of sulfonamides is 1. The van der Waals surface area contributed by atoms with E-state index in [9.17, 15) is 13.2 Å². The van der Waals surface area contributed by atoms with Crippen LogP contribution in [0.5, 0.6) is 0 Å². The van der Waals surface area contributed by atoms with Gasteiger partial charge in [0.15, 0.2) is 0 Å². The molecule has 178 valence electrons. The van der Waals surface area contributed by atoms with E-state index in [2.05, 4.69) is 47.0 Å². The molecule has 1 saturated heterocycles. The van der Waals surface area contributed by atoms with Crippen molar-refractivity contribution in [3.63, 3.8) is 0 Å². The van der Waals surface area contributed by atoms with Crippen molar-refractivity contribution < 1.29 is 17.9 Å². The number of nitrogens with one attached hydrogen (secondary N) is 2. The topological polar surface area (TPSA) is 87.7 Å². The summed E-state index contributed by atoms with van der Waals surface area (Å²) in [5.74, 6) is -0.198. The number of morpholine rings is 1. The number of carbonyl (C=O) groups excluding carboxylic acids is 1. The van der Waals surface area contributed by atoms with Gasteiger partial charge in [-0.25, -0.2) is 8.42 Å². The number of benzene rings is 3. The van der Waals surface area contributed by atoms with Gasteiger partial charge in [0.1, 0.15) is 0 Å². The van der Waals surface area contributed by atoms with Gasteiger partial charge in [0.25, 0.3) is 0 Å². The molecule has 1 aliphatic heterocycles. The van der Waals surface area contributed by atoms with Crippen LogP contribution in [0.3, 0.4) is 0 Å². The third-order valence-electron chi connectivity index (χ3n) is 5.83. The quantitative estimate of drug-likeness (QED) is 0.515. The molecule has 3 aromatic rings. The summed E-state index contributed by atoms with van der Waals surface area (Å²) in [6.07, 6.45) is 0. The van der Waals surface area contributed by atoms with Crippen molar-refractivity contribution >= 4 is 21.6 Å². The van der Waals surface area contributed by atoms with Crippen molar-refractivity contribution in [1.29, 1.82) is 0 Å².